The Kier molecular flexibility index (Phi) is 3.11. The van der Waals surface area contributed by atoms with Gasteiger partial charge in [0.1, 0.15) is 0 Å². The highest BCUT2D eigenvalue weighted by molar-refractivity contribution is 4.57. The Labute approximate surface area is 55.3 Å². The molecule has 0 aliphatic carbocycles. The van der Waals surface area contributed by atoms with Crippen molar-refractivity contribution in [2.75, 3.05) is 6.61 Å². The molecular formula is C6H14O3. The lowest BCUT2D eigenvalue weighted by Gasteiger charge is -2.18. The molecule has 0 rings (SSSR count). The lowest BCUT2D eigenvalue weighted by Crippen LogP contribution is -2.20. The van der Waals surface area contributed by atoms with Crippen LogP contribution in [0.1, 0.15) is 20.8 Å². The van der Waals surface area contributed by atoms with Gasteiger partial charge in [0, 0.05) is 0 Å². The molecular weight excluding hydrogens is 120 g/mol. The van der Waals surface area contributed by atoms with Crippen LogP contribution in [0.3, 0.4) is 0 Å². The van der Waals surface area contributed by atoms with E-state index >= 15 is 0 Å². The van der Waals surface area contributed by atoms with E-state index in [2.05, 4.69) is 4.74 Å². The number of hydrogen-bond acceptors (Lipinski definition) is 3. The first-order chi connectivity index (χ1) is 3.92. The van der Waals surface area contributed by atoms with E-state index in [0.717, 1.165) is 0 Å². The van der Waals surface area contributed by atoms with Crippen LogP contribution in [-0.2, 0) is 4.74 Å². The molecule has 0 aromatic carbocycles. The predicted octanol–water partition coefficient (Wildman–Crippen LogP) is 0.317. The zero-order valence-electron chi connectivity index (χ0n) is 6.09. The summed E-state index contributed by atoms with van der Waals surface area (Å²) in [5.41, 5.74) is -0.0102. The maximum Gasteiger partial charge on any atom is 0.266 e. The third-order valence-corrected chi connectivity index (χ3v) is 0.665. The van der Waals surface area contributed by atoms with Crippen molar-refractivity contribution in [3.63, 3.8) is 0 Å². The lowest BCUT2D eigenvalue weighted by molar-refractivity contribution is -0.243. The van der Waals surface area contributed by atoms with Crippen molar-refractivity contribution >= 4 is 0 Å². The number of aliphatic hydroxyl groups is 2. The smallest absolute Gasteiger partial charge is 0.266 e. The van der Waals surface area contributed by atoms with Gasteiger partial charge in [-0.25, -0.2) is 0 Å². The summed E-state index contributed by atoms with van der Waals surface area (Å²) in [6.45, 7) is 4.58. The normalized spacial score (nSPS) is 12.7. The molecule has 0 fully saturated rings. The van der Waals surface area contributed by atoms with Crippen LogP contribution in [-0.4, -0.2) is 23.3 Å². The maximum atomic E-state index is 8.25. The standard InChI is InChI=1S/C6H14O3/c1-6(2,3)4-9-5(7)8/h5,7-8H,4H2,1-3H3. The molecule has 3 nitrogen and oxygen atoms in total. The second-order valence-corrected chi connectivity index (χ2v) is 3.20. The quantitative estimate of drug-likeness (QED) is 0.535. The highest BCUT2D eigenvalue weighted by Gasteiger charge is 2.11. The fourth-order valence-corrected chi connectivity index (χ4v) is 0.325. The lowest BCUT2D eigenvalue weighted by atomic mass is 9.99. The van der Waals surface area contributed by atoms with Crippen LogP contribution in [0.15, 0.2) is 0 Å². The molecule has 0 radical (unpaired) electrons. The molecule has 0 aliphatic rings. The molecule has 9 heavy (non-hydrogen) atoms. The first-order valence-electron chi connectivity index (χ1n) is 2.89. The van der Waals surface area contributed by atoms with Gasteiger partial charge in [-0.2, -0.15) is 0 Å². The third-order valence-electron chi connectivity index (χ3n) is 0.665. The van der Waals surface area contributed by atoms with Gasteiger partial charge in [0.15, 0.2) is 0 Å². The molecule has 0 bridgehead atoms. The molecule has 0 saturated heterocycles. The molecule has 2 N–H and O–H groups in total. The summed E-state index contributed by atoms with van der Waals surface area (Å²) < 4.78 is 4.52. The van der Waals surface area contributed by atoms with Crippen LogP contribution in [0, 0.1) is 5.41 Å². The van der Waals surface area contributed by atoms with Gasteiger partial charge in [-0.05, 0) is 5.41 Å². The molecule has 0 spiro atoms. The minimum atomic E-state index is -1.63. The SMILES string of the molecule is CC(C)(C)COC(O)O. The van der Waals surface area contributed by atoms with E-state index in [1.807, 2.05) is 20.8 Å². The summed E-state index contributed by atoms with van der Waals surface area (Å²) in [5, 5.41) is 16.5. The van der Waals surface area contributed by atoms with E-state index in [9.17, 15) is 0 Å². The second kappa shape index (κ2) is 3.15. The first kappa shape index (κ1) is 8.88. The van der Waals surface area contributed by atoms with E-state index in [1.165, 1.54) is 0 Å². The van der Waals surface area contributed by atoms with E-state index in [1.54, 1.807) is 0 Å². The maximum absolute atomic E-state index is 8.25. The Morgan fingerprint density at radius 3 is 1.89 bits per heavy atom. The van der Waals surface area contributed by atoms with Gasteiger partial charge in [0.2, 0.25) is 0 Å². The van der Waals surface area contributed by atoms with Crippen molar-refractivity contribution < 1.29 is 14.9 Å². The Hall–Kier alpha value is -0.120. The monoisotopic (exact) mass is 134 g/mol. The molecule has 0 amide bonds. The summed E-state index contributed by atoms with van der Waals surface area (Å²) >= 11 is 0. The van der Waals surface area contributed by atoms with Crippen molar-refractivity contribution in [1.82, 2.24) is 0 Å². The zero-order chi connectivity index (χ0) is 7.49. The van der Waals surface area contributed by atoms with Gasteiger partial charge >= 0.3 is 0 Å². The minimum absolute atomic E-state index is 0.0102. The van der Waals surface area contributed by atoms with Crippen LogP contribution in [0.2, 0.25) is 0 Å². The fraction of sp³-hybridized carbons (Fsp3) is 1.00. The zero-order valence-corrected chi connectivity index (χ0v) is 6.09. The van der Waals surface area contributed by atoms with Crippen molar-refractivity contribution in [2.24, 2.45) is 5.41 Å². The van der Waals surface area contributed by atoms with Crippen molar-refractivity contribution in [3.05, 3.63) is 0 Å². The average molecular weight is 134 g/mol. The van der Waals surface area contributed by atoms with Crippen molar-refractivity contribution in [1.29, 1.82) is 0 Å². The van der Waals surface area contributed by atoms with Gasteiger partial charge in [0.25, 0.3) is 6.48 Å². The topological polar surface area (TPSA) is 49.7 Å². The Bertz CT molecular complexity index is 72.9. The van der Waals surface area contributed by atoms with Gasteiger partial charge in [-0.3, -0.25) is 0 Å². The molecule has 56 valence electrons. The largest absolute Gasteiger partial charge is 0.346 e. The predicted molar refractivity (Wildman–Crippen MR) is 33.6 cm³/mol. The van der Waals surface area contributed by atoms with Crippen LogP contribution >= 0.6 is 0 Å². The van der Waals surface area contributed by atoms with Crippen LogP contribution in [0.5, 0.6) is 0 Å². The number of hydrogen-bond donors (Lipinski definition) is 2. The first-order valence-corrected chi connectivity index (χ1v) is 2.89. The van der Waals surface area contributed by atoms with E-state index < -0.39 is 6.48 Å². The number of ether oxygens (including phenoxy) is 1. The highest BCUT2D eigenvalue weighted by atomic mass is 16.7. The van der Waals surface area contributed by atoms with Crippen LogP contribution in [0.4, 0.5) is 0 Å². The Balaban J connectivity index is 3.28. The van der Waals surface area contributed by atoms with Gasteiger partial charge in [-0.15, -0.1) is 0 Å². The molecule has 0 aromatic rings. The molecule has 0 saturated carbocycles. The van der Waals surface area contributed by atoms with Gasteiger partial charge in [-0.1, -0.05) is 20.8 Å². The van der Waals surface area contributed by atoms with Gasteiger partial charge < -0.3 is 14.9 Å². The molecule has 0 aliphatic heterocycles. The van der Waals surface area contributed by atoms with Crippen molar-refractivity contribution in [2.45, 2.75) is 27.2 Å². The molecule has 0 aromatic heterocycles. The Morgan fingerprint density at radius 1 is 1.33 bits per heavy atom. The van der Waals surface area contributed by atoms with Gasteiger partial charge in [0.05, 0.1) is 6.61 Å². The minimum Gasteiger partial charge on any atom is -0.346 e. The highest BCUT2D eigenvalue weighted by Crippen LogP contribution is 2.12. The molecule has 3 heteroatoms. The van der Waals surface area contributed by atoms with Crippen LogP contribution in [0.25, 0.3) is 0 Å². The molecule has 0 unspecified atom stereocenters. The third kappa shape index (κ3) is 7.88. The van der Waals surface area contributed by atoms with E-state index in [0.29, 0.717) is 6.61 Å². The molecule has 0 heterocycles. The summed E-state index contributed by atoms with van der Waals surface area (Å²) in [7, 11) is 0. The summed E-state index contributed by atoms with van der Waals surface area (Å²) in [5.74, 6) is 0. The fourth-order valence-electron chi connectivity index (χ4n) is 0.325. The van der Waals surface area contributed by atoms with Crippen LogP contribution < -0.4 is 0 Å². The number of rotatable bonds is 2. The second-order valence-electron chi connectivity index (χ2n) is 3.20. The van der Waals surface area contributed by atoms with E-state index in [4.69, 9.17) is 10.2 Å². The molecule has 0 atom stereocenters. The summed E-state index contributed by atoms with van der Waals surface area (Å²) in [4.78, 5) is 0. The van der Waals surface area contributed by atoms with Crippen molar-refractivity contribution in [3.8, 4) is 0 Å². The summed E-state index contributed by atoms with van der Waals surface area (Å²) in [6.07, 6.45) is 0. The average Bonchev–Trinajstić information content (AvgIpc) is 1.59. The summed E-state index contributed by atoms with van der Waals surface area (Å²) in [6, 6.07) is 0. The number of aliphatic hydroxyl groups excluding tert-OH is 1. The van der Waals surface area contributed by atoms with E-state index in [-0.39, 0.29) is 5.41 Å². The Morgan fingerprint density at radius 2 is 1.78 bits per heavy atom.